The number of carbonyl (C=O) groups excluding carboxylic acids is 3. The lowest BCUT2D eigenvalue weighted by atomic mass is 9.86. The highest BCUT2D eigenvalue weighted by Crippen LogP contribution is 2.27. The molecule has 0 aliphatic heterocycles. The number of hydrogen-bond acceptors (Lipinski definition) is 5. The predicted octanol–water partition coefficient (Wildman–Crippen LogP) is 5.77. The molecule has 2 amide bonds. The van der Waals surface area contributed by atoms with Crippen molar-refractivity contribution in [3.63, 3.8) is 0 Å². The molecule has 0 unspecified atom stereocenters. The molecule has 2 aromatic rings. The first-order valence-corrected chi connectivity index (χ1v) is 11.2. The van der Waals surface area contributed by atoms with Gasteiger partial charge in [-0.2, -0.15) is 0 Å². The number of carbonyl (C=O) groups is 3. The molecule has 0 aromatic heterocycles. The van der Waals surface area contributed by atoms with Crippen LogP contribution in [0.3, 0.4) is 0 Å². The standard InChI is InChI=1S/C25H30N2O5/c1-2-31-25(30)32-22-15-9-19(10-16-22)24(29)27-21-13-11-20(12-14-21)26-23(28)17-8-18-6-4-3-5-7-18/h9-16,18H,2-8,17H2,1H3,(H,26,28)(H,27,29). The molecule has 0 bridgehead atoms. The quantitative estimate of drug-likeness (QED) is 0.403. The molecule has 7 nitrogen and oxygen atoms in total. The Morgan fingerprint density at radius 3 is 2.12 bits per heavy atom. The third-order valence-corrected chi connectivity index (χ3v) is 5.51. The van der Waals surface area contributed by atoms with Gasteiger partial charge in [0.2, 0.25) is 5.91 Å². The van der Waals surface area contributed by atoms with Crippen molar-refractivity contribution in [3.05, 3.63) is 54.1 Å². The van der Waals surface area contributed by atoms with Crippen molar-refractivity contribution in [2.75, 3.05) is 17.2 Å². The summed E-state index contributed by atoms with van der Waals surface area (Å²) in [4.78, 5) is 36.0. The van der Waals surface area contributed by atoms with Crippen LogP contribution in [0, 0.1) is 5.92 Å². The topological polar surface area (TPSA) is 93.7 Å². The largest absolute Gasteiger partial charge is 0.513 e. The number of amides is 2. The van der Waals surface area contributed by atoms with Crippen LogP contribution < -0.4 is 15.4 Å². The fourth-order valence-electron chi connectivity index (χ4n) is 3.79. The maximum atomic E-state index is 12.4. The van der Waals surface area contributed by atoms with Crippen LogP contribution >= 0.6 is 0 Å². The highest BCUT2D eigenvalue weighted by Gasteiger charge is 2.15. The molecule has 0 heterocycles. The Kier molecular flexibility index (Phi) is 8.66. The van der Waals surface area contributed by atoms with Gasteiger partial charge >= 0.3 is 6.16 Å². The molecule has 2 aromatic carbocycles. The van der Waals surface area contributed by atoms with Gasteiger partial charge in [0.05, 0.1) is 6.61 Å². The molecule has 0 radical (unpaired) electrons. The molecular formula is C25H30N2O5. The van der Waals surface area contributed by atoms with E-state index in [0.29, 0.717) is 35.0 Å². The van der Waals surface area contributed by atoms with Crippen molar-refractivity contribution in [1.29, 1.82) is 0 Å². The zero-order valence-corrected chi connectivity index (χ0v) is 18.4. The summed E-state index contributed by atoms with van der Waals surface area (Å²) in [5.41, 5.74) is 1.74. The number of ether oxygens (including phenoxy) is 2. The Bertz CT molecular complexity index is 903. The summed E-state index contributed by atoms with van der Waals surface area (Å²) in [6.45, 7) is 1.91. The first kappa shape index (κ1) is 23.3. The van der Waals surface area contributed by atoms with Crippen LogP contribution in [0.2, 0.25) is 0 Å². The van der Waals surface area contributed by atoms with Crippen molar-refractivity contribution >= 4 is 29.3 Å². The first-order chi connectivity index (χ1) is 15.5. The average Bonchev–Trinajstić information content (AvgIpc) is 2.80. The molecular weight excluding hydrogens is 408 g/mol. The smallest absolute Gasteiger partial charge is 0.434 e. The van der Waals surface area contributed by atoms with Crippen LogP contribution in [0.5, 0.6) is 5.75 Å². The molecule has 1 aliphatic carbocycles. The number of benzene rings is 2. The minimum atomic E-state index is -0.786. The van der Waals surface area contributed by atoms with Gasteiger partial charge in [0.1, 0.15) is 5.75 Å². The Morgan fingerprint density at radius 1 is 0.875 bits per heavy atom. The van der Waals surface area contributed by atoms with Gasteiger partial charge < -0.3 is 20.1 Å². The highest BCUT2D eigenvalue weighted by atomic mass is 16.7. The highest BCUT2D eigenvalue weighted by molar-refractivity contribution is 6.04. The number of rotatable bonds is 8. The normalized spacial score (nSPS) is 13.8. The van der Waals surface area contributed by atoms with Crippen molar-refractivity contribution in [1.82, 2.24) is 0 Å². The van der Waals surface area contributed by atoms with E-state index in [1.54, 1.807) is 43.3 Å². The molecule has 7 heteroatoms. The van der Waals surface area contributed by atoms with E-state index in [1.165, 1.54) is 44.2 Å². The fraction of sp³-hybridized carbons (Fsp3) is 0.400. The van der Waals surface area contributed by atoms with Crippen LogP contribution in [-0.4, -0.2) is 24.6 Å². The first-order valence-electron chi connectivity index (χ1n) is 11.2. The van der Waals surface area contributed by atoms with Crippen molar-refractivity contribution < 1.29 is 23.9 Å². The van der Waals surface area contributed by atoms with Crippen molar-refractivity contribution in [2.24, 2.45) is 5.92 Å². The van der Waals surface area contributed by atoms with Gasteiger partial charge in [-0.25, -0.2) is 4.79 Å². The molecule has 1 fully saturated rings. The van der Waals surface area contributed by atoms with E-state index in [9.17, 15) is 14.4 Å². The van der Waals surface area contributed by atoms with Crippen LogP contribution in [0.25, 0.3) is 0 Å². The van der Waals surface area contributed by atoms with Crippen molar-refractivity contribution in [2.45, 2.75) is 51.9 Å². The molecule has 2 N–H and O–H groups in total. The molecule has 170 valence electrons. The van der Waals surface area contributed by atoms with E-state index in [-0.39, 0.29) is 18.4 Å². The lowest BCUT2D eigenvalue weighted by Crippen LogP contribution is -2.15. The van der Waals surface area contributed by atoms with Gasteiger partial charge in [0, 0.05) is 23.4 Å². The Morgan fingerprint density at radius 2 is 1.50 bits per heavy atom. The second kappa shape index (κ2) is 11.9. The summed E-state index contributed by atoms with van der Waals surface area (Å²) in [6, 6.07) is 13.2. The molecule has 1 aliphatic rings. The summed E-state index contributed by atoms with van der Waals surface area (Å²) in [7, 11) is 0. The summed E-state index contributed by atoms with van der Waals surface area (Å²) in [5, 5.41) is 5.72. The van der Waals surface area contributed by atoms with E-state index in [0.717, 1.165) is 6.42 Å². The Labute approximate surface area is 188 Å². The SMILES string of the molecule is CCOC(=O)Oc1ccc(C(=O)Nc2ccc(NC(=O)CCC3CCCCC3)cc2)cc1. The van der Waals surface area contributed by atoms with Gasteiger partial charge in [-0.15, -0.1) is 0 Å². The fourth-order valence-corrected chi connectivity index (χ4v) is 3.79. The van der Waals surface area contributed by atoms with Gasteiger partial charge in [-0.1, -0.05) is 32.1 Å². The summed E-state index contributed by atoms with van der Waals surface area (Å²) >= 11 is 0. The van der Waals surface area contributed by atoms with Gasteiger partial charge in [-0.05, 0) is 67.8 Å². The maximum Gasteiger partial charge on any atom is 0.513 e. The molecule has 0 atom stereocenters. The minimum absolute atomic E-state index is 0.0255. The van der Waals surface area contributed by atoms with Gasteiger partial charge in [0.25, 0.3) is 5.91 Å². The summed E-state index contributed by atoms with van der Waals surface area (Å²) < 4.78 is 9.69. The third kappa shape index (κ3) is 7.41. The van der Waals surface area contributed by atoms with Crippen LogP contribution in [0.4, 0.5) is 16.2 Å². The zero-order valence-electron chi connectivity index (χ0n) is 18.4. The summed E-state index contributed by atoms with van der Waals surface area (Å²) in [5.74, 6) is 0.705. The van der Waals surface area contributed by atoms with Crippen molar-refractivity contribution in [3.8, 4) is 5.75 Å². The zero-order chi connectivity index (χ0) is 22.8. The molecule has 0 saturated heterocycles. The lowest BCUT2D eigenvalue weighted by molar-refractivity contribution is -0.116. The van der Waals surface area contributed by atoms with Gasteiger partial charge in [-0.3, -0.25) is 9.59 Å². The maximum absolute atomic E-state index is 12.4. The van der Waals surface area contributed by atoms with E-state index in [4.69, 9.17) is 9.47 Å². The van der Waals surface area contributed by atoms with E-state index in [2.05, 4.69) is 10.6 Å². The van der Waals surface area contributed by atoms with Crippen LogP contribution in [-0.2, 0) is 9.53 Å². The molecule has 1 saturated carbocycles. The minimum Gasteiger partial charge on any atom is -0.434 e. The number of hydrogen-bond donors (Lipinski definition) is 2. The Balaban J connectivity index is 1.45. The number of anilines is 2. The van der Waals surface area contributed by atoms with E-state index in [1.807, 2.05) is 0 Å². The van der Waals surface area contributed by atoms with E-state index < -0.39 is 6.16 Å². The van der Waals surface area contributed by atoms with E-state index >= 15 is 0 Å². The van der Waals surface area contributed by atoms with Gasteiger partial charge in [0.15, 0.2) is 0 Å². The second-order valence-corrected chi connectivity index (χ2v) is 7.93. The molecule has 3 rings (SSSR count). The average molecular weight is 439 g/mol. The Hall–Kier alpha value is -3.35. The predicted molar refractivity (Wildman–Crippen MR) is 123 cm³/mol. The molecule has 0 spiro atoms. The molecule has 32 heavy (non-hydrogen) atoms. The third-order valence-electron chi connectivity index (χ3n) is 5.51. The second-order valence-electron chi connectivity index (χ2n) is 7.93. The lowest BCUT2D eigenvalue weighted by Gasteiger charge is -2.21. The number of nitrogens with one attached hydrogen (secondary N) is 2. The summed E-state index contributed by atoms with van der Waals surface area (Å²) in [6.07, 6.45) is 7.07. The monoisotopic (exact) mass is 438 g/mol. The van der Waals surface area contributed by atoms with Crippen LogP contribution in [0.1, 0.15) is 62.2 Å². The van der Waals surface area contributed by atoms with Crippen LogP contribution in [0.15, 0.2) is 48.5 Å².